The Morgan fingerprint density at radius 1 is 1.27 bits per heavy atom. The van der Waals surface area contributed by atoms with Gasteiger partial charge in [-0.15, -0.1) is 0 Å². The zero-order chi connectivity index (χ0) is 11.6. The summed E-state index contributed by atoms with van der Waals surface area (Å²) in [5.41, 5.74) is 10.1. The normalized spacial score (nSPS) is 11.2. The number of guanidine groups is 1. The van der Waals surface area contributed by atoms with Crippen LogP contribution in [0.1, 0.15) is 11.1 Å². The number of aliphatic imine (C=N–C) groups is 1. The number of nitrogens with two attached hydrogens (primary N) is 2. The van der Waals surface area contributed by atoms with Gasteiger partial charge in [-0.2, -0.15) is 13.2 Å². The predicted molar refractivity (Wildman–Crippen MR) is 51.7 cm³/mol. The summed E-state index contributed by atoms with van der Waals surface area (Å²) in [6, 6.07) is 3.22. The van der Waals surface area contributed by atoms with Crippen LogP contribution in [0.3, 0.4) is 0 Å². The van der Waals surface area contributed by atoms with Gasteiger partial charge in [-0.3, -0.25) is 0 Å². The minimum Gasteiger partial charge on any atom is -0.370 e. The molecule has 1 rings (SSSR count). The highest BCUT2D eigenvalue weighted by atomic mass is 19.4. The molecule has 1 aromatic rings. The van der Waals surface area contributed by atoms with Crippen molar-refractivity contribution < 1.29 is 13.2 Å². The van der Waals surface area contributed by atoms with Gasteiger partial charge < -0.3 is 11.5 Å². The summed E-state index contributed by atoms with van der Waals surface area (Å²) in [6.45, 7) is 1.63. The van der Waals surface area contributed by atoms with E-state index < -0.39 is 11.7 Å². The molecule has 0 spiro atoms. The lowest BCUT2D eigenvalue weighted by molar-refractivity contribution is -0.137. The SMILES string of the molecule is Cc1ccc(C(F)(F)F)cc1N=C(N)N. The van der Waals surface area contributed by atoms with Crippen LogP contribution in [0.5, 0.6) is 0 Å². The number of nitrogens with zero attached hydrogens (tertiary/aromatic N) is 1. The van der Waals surface area contributed by atoms with Gasteiger partial charge in [0, 0.05) is 0 Å². The summed E-state index contributed by atoms with van der Waals surface area (Å²) in [4.78, 5) is 3.61. The molecule has 15 heavy (non-hydrogen) atoms. The van der Waals surface area contributed by atoms with Gasteiger partial charge in [0.05, 0.1) is 11.3 Å². The molecule has 3 nitrogen and oxygen atoms in total. The summed E-state index contributed by atoms with van der Waals surface area (Å²) in [5, 5.41) is 0. The molecule has 0 amide bonds. The van der Waals surface area contributed by atoms with E-state index in [1.165, 1.54) is 6.07 Å². The number of hydrogen-bond donors (Lipinski definition) is 2. The van der Waals surface area contributed by atoms with Crippen LogP contribution in [0.15, 0.2) is 23.2 Å². The fourth-order valence-electron chi connectivity index (χ4n) is 1.05. The van der Waals surface area contributed by atoms with Crippen LogP contribution < -0.4 is 11.5 Å². The van der Waals surface area contributed by atoms with E-state index in [1.807, 2.05) is 0 Å². The Balaban J connectivity index is 3.23. The number of aryl methyl sites for hydroxylation is 1. The third-order valence-corrected chi connectivity index (χ3v) is 1.79. The zero-order valence-corrected chi connectivity index (χ0v) is 7.97. The molecule has 1 aromatic carbocycles. The number of hydrogen-bond acceptors (Lipinski definition) is 1. The quantitative estimate of drug-likeness (QED) is 0.557. The van der Waals surface area contributed by atoms with Crippen LogP contribution in [0.2, 0.25) is 0 Å². The first-order chi connectivity index (χ1) is 6.80. The van der Waals surface area contributed by atoms with Gasteiger partial charge in [0.25, 0.3) is 0 Å². The lowest BCUT2D eigenvalue weighted by Gasteiger charge is -2.08. The standard InChI is InChI=1S/C9H10F3N3/c1-5-2-3-6(9(10,11)12)4-7(5)15-8(13)14/h2-4H,1H3,(H4,13,14,15). The van der Waals surface area contributed by atoms with Crippen LogP contribution in [-0.4, -0.2) is 5.96 Å². The molecule has 6 heteroatoms. The van der Waals surface area contributed by atoms with Crippen molar-refractivity contribution in [1.82, 2.24) is 0 Å². The van der Waals surface area contributed by atoms with Crippen LogP contribution >= 0.6 is 0 Å². The summed E-state index contributed by atoms with van der Waals surface area (Å²) in [7, 11) is 0. The molecule has 0 unspecified atom stereocenters. The minimum atomic E-state index is -4.39. The summed E-state index contributed by atoms with van der Waals surface area (Å²) in [6.07, 6.45) is -4.39. The van der Waals surface area contributed by atoms with Crippen molar-refractivity contribution in [1.29, 1.82) is 0 Å². The van der Waals surface area contributed by atoms with Crippen molar-refractivity contribution >= 4 is 11.6 Å². The van der Waals surface area contributed by atoms with Gasteiger partial charge in [-0.25, -0.2) is 4.99 Å². The number of rotatable bonds is 1. The number of halogens is 3. The Morgan fingerprint density at radius 3 is 2.33 bits per heavy atom. The highest BCUT2D eigenvalue weighted by Gasteiger charge is 2.30. The summed E-state index contributed by atoms with van der Waals surface area (Å²) in [5.74, 6) is -0.266. The number of alkyl halides is 3. The molecule has 0 aliphatic carbocycles. The van der Waals surface area contributed by atoms with Crippen molar-refractivity contribution in [2.24, 2.45) is 16.5 Å². The molecule has 0 fully saturated rings. The maximum atomic E-state index is 12.3. The maximum Gasteiger partial charge on any atom is 0.416 e. The highest BCUT2D eigenvalue weighted by molar-refractivity contribution is 5.79. The molecule has 0 aliphatic rings. The van der Waals surface area contributed by atoms with E-state index in [1.54, 1.807) is 6.92 Å². The lowest BCUT2D eigenvalue weighted by atomic mass is 10.1. The van der Waals surface area contributed by atoms with E-state index in [0.717, 1.165) is 12.1 Å². The Kier molecular flexibility index (Phi) is 2.88. The number of benzene rings is 1. The molecule has 0 radical (unpaired) electrons. The zero-order valence-electron chi connectivity index (χ0n) is 7.97. The fourth-order valence-corrected chi connectivity index (χ4v) is 1.05. The largest absolute Gasteiger partial charge is 0.416 e. The third kappa shape index (κ3) is 2.87. The van der Waals surface area contributed by atoms with Gasteiger partial charge >= 0.3 is 6.18 Å². The monoisotopic (exact) mass is 217 g/mol. The van der Waals surface area contributed by atoms with Crippen LogP contribution in [0.25, 0.3) is 0 Å². The Labute approximate surface area is 84.6 Å². The van der Waals surface area contributed by atoms with Gasteiger partial charge in [-0.1, -0.05) is 6.07 Å². The van der Waals surface area contributed by atoms with Gasteiger partial charge in [0.1, 0.15) is 0 Å². The van der Waals surface area contributed by atoms with E-state index in [-0.39, 0.29) is 11.6 Å². The van der Waals surface area contributed by atoms with Crippen molar-refractivity contribution in [3.05, 3.63) is 29.3 Å². The van der Waals surface area contributed by atoms with Crippen molar-refractivity contribution in [2.75, 3.05) is 0 Å². The second-order valence-corrected chi connectivity index (χ2v) is 3.04. The van der Waals surface area contributed by atoms with E-state index in [9.17, 15) is 13.2 Å². The third-order valence-electron chi connectivity index (χ3n) is 1.79. The molecule has 0 saturated heterocycles. The average Bonchev–Trinajstić information content (AvgIpc) is 2.06. The smallest absolute Gasteiger partial charge is 0.370 e. The van der Waals surface area contributed by atoms with Gasteiger partial charge in [-0.05, 0) is 24.6 Å². The van der Waals surface area contributed by atoms with E-state index in [0.29, 0.717) is 5.56 Å². The molecule has 0 atom stereocenters. The van der Waals surface area contributed by atoms with Gasteiger partial charge in [0.15, 0.2) is 5.96 Å². The second kappa shape index (κ2) is 3.80. The minimum absolute atomic E-state index is 0.129. The molecule has 0 saturated carbocycles. The average molecular weight is 217 g/mol. The Morgan fingerprint density at radius 2 is 1.87 bits per heavy atom. The molecule has 82 valence electrons. The molecule has 0 aromatic heterocycles. The molecule has 0 heterocycles. The lowest BCUT2D eigenvalue weighted by Crippen LogP contribution is -2.22. The predicted octanol–water partition coefficient (Wildman–Crippen LogP) is 1.92. The molecule has 4 N–H and O–H groups in total. The summed E-state index contributed by atoms with van der Waals surface area (Å²) < 4.78 is 37.0. The highest BCUT2D eigenvalue weighted by Crippen LogP contribution is 2.32. The fraction of sp³-hybridized carbons (Fsp3) is 0.222. The molecular formula is C9H10F3N3. The maximum absolute atomic E-state index is 12.3. The summed E-state index contributed by atoms with van der Waals surface area (Å²) >= 11 is 0. The van der Waals surface area contributed by atoms with E-state index in [4.69, 9.17) is 11.5 Å². The van der Waals surface area contributed by atoms with Crippen LogP contribution in [-0.2, 0) is 6.18 Å². The van der Waals surface area contributed by atoms with Crippen molar-refractivity contribution in [2.45, 2.75) is 13.1 Å². The van der Waals surface area contributed by atoms with E-state index in [2.05, 4.69) is 4.99 Å². The first-order valence-corrected chi connectivity index (χ1v) is 4.08. The van der Waals surface area contributed by atoms with Crippen molar-refractivity contribution in [3.8, 4) is 0 Å². The van der Waals surface area contributed by atoms with Crippen LogP contribution in [0, 0.1) is 6.92 Å². The molecule has 0 aliphatic heterocycles. The first-order valence-electron chi connectivity index (χ1n) is 4.08. The second-order valence-electron chi connectivity index (χ2n) is 3.04. The first kappa shape index (κ1) is 11.4. The van der Waals surface area contributed by atoms with Gasteiger partial charge in [0.2, 0.25) is 0 Å². The Bertz CT molecular complexity index is 392. The van der Waals surface area contributed by atoms with E-state index >= 15 is 0 Å². The van der Waals surface area contributed by atoms with Crippen molar-refractivity contribution in [3.63, 3.8) is 0 Å². The Hall–Kier alpha value is -1.72. The topological polar surface area (TPSA) is 64.4 Å². The molecular weight excluding hydrogens is 207 g/mol. The van der Waals surface area contributed by atoms with Crippen LogP contribution in [0.4, 0.5) is 18.9 Å². The molecule has 0 bridgehead atoms.